The van der Waals surface area contributed by atoms with E-state index in [0.717, 1.165) is 5.56 Å². The maximum Gasteiger partial charge on any atom is 0.255 e. The van der Waals surface area contributed by atoms with Crippen LogP contribution in [0.4, 0.5) is 0 Å². The number of primary amides is 1. The summed E-state index contributed by atoms with van der Waals surface area (Å²) in [5.74, 6) is -0.0974. The van der Waals surface area contributed by atoms with Gasteiger partial charge in [0.1, 0.15) is 11.9 Å². The van der Waals surface area contributed by atoms with Crippen molar-refractivity contribution in [3.05, 3.63) is 65.7 Å². The molecule has 0 saturated carbocycles. The molecule has 1 aliphatic rings. The summed E-state index contributed by atoms with van der Waals surface area (Å²) in [6.45, 7) is 2.83. The van der Waals surface area contributed by atoms with Crippen molar-refractivity contribution in [1.82, 2.24) is 4.90 Å². The van der Waals surface area contributed by atoms with Gasteiger partial charge in [-0.15, -0.1) is 0 Å². The Morgan fingerprint density at radius 3 is 2.46 bits per heavy atom. The van der Waals surface area contributed by atoms with Crippen molar-refractivity contribution in [2.45, 2.75) is 19.1 Å². The van der Waals surface area contributed by atoms with Crippen LogP contribution in [0.5, 0.6) is 5.75 Å². The summed E-state index contributed by atoms with van der Waals surface area (Å²) in [5.41, 5.74) is 6.68. The first-order valence-corrected chi connectivity index (χ1v) is 8.54. The number of nitrogens with two attached hydrogens (primary N) is 1. The van der Waals surface area contributed by atoms with E-state index in [1.54, 1.807) is 24.3 Å². The molecule has 1 fully saturated rings. The Morgan fingerprint density at radius 2 is 1.81 bits per heavy atom. The van der Waals surface area contributed by atoms with Crippen LogP contribution < -0.4 is 10.5 Å². The number of benzene rings is 2. The highest BCUT2D eigenvalue weighted by atomic mass is 16.5. The lowest BCUT2D eigenvalue weighted by molar-refractivity contribution is -0.119. The molecule has 0 aliphatic carbocycles. The summed E-state index contributed by atoms with van der Waals surface area (Å²) in [7, 11) is 0. The minimum Gasteiger partial charge on any atom is -0.484 e. The van der Waals surface area contributed by atoms with E-state index < -0.39 is 5.91 Å². The van der Waals surface area contributed by atoms with Gasteiger partial charge in [0.2, 0.25) is 0 Å². The van der Waals surface area contributed by atoms with Crippen LogP contribution in [0.15, 0.2) is 54.6 Å². The summed E-state index contributed by atoms with van der Waals surface area (Å²) < 4.78 is 11.2. The fraction of sp³-hybridized carbons (Fsp3) is 0.300. The standard InChI is InChI=1S/C20H22N2O4/c1-14-11-22(12-18(26-14)15-5-3-2-4-6-15)20(24)16-7-9-17(10-8-16)25-13-19(21)23/h2-10,14,18H,11-13H2,1H3,(H2,21,23). The van der Waals surface area contributed by atoms with Gasteiger partial charge in [0.05, 0.1) is 12.6 Å². The van der Waals surface area contributed by atoms with Crippen molar-refractivity contribution in [1.29, 1.82) is 0 Å². The molecule has 6 nitrogen and oxygen atoms in total. The molecule has 6 heteroatoms. The normalized spacial score (nSPS) is 19.8. The Labute approximate surface area is 152 Å². The van der Waals surface area contributed by atoms with Crippen LogP contribution in [0.25, 0.3) is 0 Å². The van der Waals surface area contributed by atoms with Gasteiger partial charge in [0, 0.05) is 12.1 Å². The van der Waals surface area contributed by atoms with Crippen LogP contribution in [0.2, 0.25) is 0 Å². The van der Waals surface area contributed by atoms with Crippen LogP contribution in [0.1, 0.15) is 28.9 Å². The van der Waals surface area contributed by atoms with E-state index in [1.807, 2.05) is 42.2 Å². The van der Waals surface area contributed by atoms with Crippen LogP contribution in [-0.4, -0.2) is 42.5 Å². The largest absolute Gasteiger partial charge is 0.484 e. The molecule has 3 rings (SSSR count). The van der Waals surface area contributed by atoms with Crippen LogP contribution in [-0.2, 0) is 9.53 Å². The van der Waals surface area contributed by atoms with Crippen LogP contribution >= 0.6 is 0 Å². The fourth-order valence-corrected chi connectivity index (χ4v) is 3.00. The SMILES string of the molecule is CC1CN(C(=O)c2ccc(OCC(N)=O)cc2)CC(c2ccccc2)O1. The first-order chi connectivity index (χ1) is 12.5. The number of hydrogen-bond acceptors (Lipinski definition) is 4. The maximum absolute atomic E-state index is 12.9. The average molecular weight is 354 g/mol. The third-order valence-electron chi connectivity index (χ3n) is 4.20. The van der Waals surface area contributed by atoms with E-state index in [9.17, 15) is 9.59 Å². The van der Waals surface area contributed by atoms with E-state index in [0.29, 0.717) is 24.4 Å². The van der Waals surface area contributed by atoms with Gasteiger partial charge < -0.3 is 20.1 Å². The molecule has 1 aliphatic heterocycles. The van der Waals surface area contributed by atoms with Gasteiger partial charge in [-0.25, -0.2) is 0 Å². The van der Waals surface area contributed by atoms with Crippen molar-refractivity contribution >= 4 is 11.8 Å². The van der Waals surface area contributed by atoms with Gasteiger partial charge in [-0.3, -0.25) is 9.59 Å². The fourth-order valence-electron chi connectivity index (χ4n) is 3.00. The molecule has 2 unspecified atom stereocenters. The summed E-state index contributed by atoms with van der Waals surface area (Å²) in [6, 6.07) is 16.6. The third-order valence-corrected chi connectivity index (χ3v) is 4.20. The van der Waals surface area contributed by atoms with Crippen molar-refractivity contribution in [2.24, 2.45) is 5.73 Å². The zero-order chi connectivity index (χ0) is 18.5. The highest BCUT2D eigenvalue weighted by molar-refractivity contribution is 5.94. The van der Waals surface area contributed by atoms with Gasteiger partial charge in [0.15, 0.2) is 6.61 Å². The van der Waals surface area contributed by atoms with E-state index in [-0.39, 0.29) is 24.7 Å². The van der Waals surface area contributed by atoms with E-state index in [1.165, 1.54) is 0 Å². The van der Waals surface area contributed by atoms with Crippen molar-refractivity contribution in [3.63, 3.8) is 0 Å². The Bertz CT molecular complexity index is 761. The number of nitrogens with zero attached hydrogens (tertiary/aromatic N) is 1. The minimum absolute atomic E-state index is 0.0453. The molecule has 2 atom stereocenters. The number of morpholine rings is 1. The van der Waals surface area contributed by atoms with E-state index in [4.69, 9.17) is 15.2 Å². The third kappa shape index (κ3) is 4.40. The lowest BCUT2D eigenvalue weighted by atomic mass is 10.1. The van der Waals surface area contributed by atoms with E-state index in [2.05, 4.69) is 0 Å². The average Bonchev–Trinajstić information content (AvgIpc) is 2.66. The Hall–Kier alpha value is -2.86. The summed E-state index contributed by atoms with van der Waals surface area (Å²) in [6.07, 6.45) is -0.182. The summed E-state index contributed by atoms with van der Waals surface area (Å²) >= 11 is 0. The molecule has 0 aromatic heterocycles. The molecule has 26 heavy (non-hydrogen) atoms. The molecule has 0 bridgehead atoms. The predicted octanol–water partition coefficient (Wildman–Crippen LogP) is 2.15. The molecule has 1 heterocycles. The van der Waals surface area contributed by atoms with E-state index >= 15 is 0 Å². The van der Waals surface area contributed by atoms with Crippen molar-refractivity contribution < 1.29 is 19.1 Å². The Kier molecular flexibility index (Phi) is 5.53. The Morgan fingerprint density at radius 1 is 1.12 bits per heavy atom. The smallest absolute Gasteiger partial charge is 0.255 e. The summed E-state index contributed by atoms with van der Waals surface area (Å²) in [5, 5.41) is 0. The zero-order valence-corrected chi connectivity index (χ0v) is 14.6. The molecule has 1 saturated heterocycles. The molecule has 0 radical (unpaired) electrons. The summed E-state index contributed by atoms with van der Waals surface area (Å²) in [4.78, 5) is 25.4. The number of ether oxygens (including phenoxy) is 2. The van der Waals surface area contributed by atoms with Gasteiger partial charge in [-0.2, -0.15) is 0 Å². The molecule has 2 amide bonds. The predicted molar refractivity (Wildman–Crippen MR) is 96.8 cm³/mol. The molecule has 2 aromatic rings. The number of hydrogen-bond donors (Lipinski definition) is 1. The highest BCUT2D eigenvalue weighted by Gasteiger charge is 2.29. The molecular weight excluding hydrogens is 332 g/mol. The van der Waals surface area contributed by atoms with Crippen molar-refractivity contribution in [2.75, 3.05) is 19.7 Å². The second kappa shape index (κ2) is 8.01. The second-order valence-corrected chi connectivity index (χ2v) is 6.34. The molecule has 0 spiro atoms. The lowest BCUT2D eigenvalue weighted by Gasteiger charge is -2.37. The Balaban J connectivity index is 1.69. The molecule has 2 N–H and O–H groups in total. The number of rotatable bonds is 5. The van der Waals surface area contributed by atoms with Gasteiger partial charge in [-0.05, 0) is 36.8 Å². The minimum atomic E-state index is -0.542. The molecule has 2 aromatic carbocycles. The zero-order valence-electron chi connectivity index (χ0n) is 14.6. The monoisotopic (exact) mass is 354 g/mol. The molecular formula is C20H22N2O4. The molecule has 136 valence electrons. The van der Waals surface area contributed by atoms with Gasteiger partial charge in [-0.1, -0.05) is 30.3 Å². The van der Waals surface area contributed by atoms with Crippen LogP contribution in [0, 0.1) is 0 Å². The van der Waals surface area contributed by atoms with Crippen molar-refractivity contribution in [3.8, 4) is 5.75 Å². The highest BCUT2D eigenvalue weighted by Crippen LogP contribution is 2.26. The lowest BCUT2D eigenvalue weighted by Crippen LogP contribution is -2.45. The maximum atomic E-state index is 12.9. The topological polar surface area (TPSA) is 81.9 Å². The second-order valence-electron chi connectivity index (χ2n) is 6.34. The number of carbonyl (C=O) groups excluding carboxylic acids is 2. The quantitative estimate of drug-likeness (QED) is 0.892. The van der Waals surface area contributed by atoms with Crippen LogP contribution in [0.3, 0.4) is 0 Å². The van der Waals surface area contributed by atoms with Gasteiger partial charge >= 0.3 is 0 Å². The first kappa shape index (κ1) is 17.9. The number of carbonyl (C=O) groups is 2. The van der Waals surface area contributed by atoms with Gasteiger partial charge in [0.25, 0.3) is 11.8 Å². The first-order valence-electron chi connectivity index (χ1n) is 8.54. The number of amides is 2.